The first-order valence-electron chi connectivity index (χ1n) is 6.41. The van der Waals surface area contributed by atoms with Crippen LogP contribution in [0.25, 0.3) is 0 Å². The van der Waals surface area contributed by atoms with Gasteiger partial charge in [-0.3, -0.25) is 0 Å². The maximum atomic E-state index is 6.13. The van der Waals surface area contributed by atoms with Crippen molar-refractivity contribution in [2.45, 2.75) is 59.0 Å². The third kappa shape index (κ3) is 2.49. The van der Waals surface area contributed by atoms with Crippen LogP contribution in [0.4, 0.5) is 0 Å². The molecule has 0 bridgehead atoms. The van der Waals surface area contributed by atoms with Gasteiger partial charge in [-0.2, -0.15) is 0 Å². The van der Waals surface area contributed by atoms with E-state index in [1.807, 2.05) is 0 Å². The summed E-state index contributed by atoms with van der Waals surface area (Å²) < 4.78 is 2.42. The molecule has 2 heteroatoms. The summed E-state index contributed by atoms with van der Waals surface area (Å²) >= 11 is 0. The lowest BCUT2D eigenvalue weighted by Gasteiger charge is -2.23. The number of hydrogen-bond acceptors (Lipinski definition) is 1. The van der Waals surface area contributed by atoms with Gasteiger partial charge in [-0.25, -0.2) is 0 Å². The first-order chi connectivity index (χ1) is 7.47. The molecule has 1 aliphatic carbocycles. The maximum Gasteiger partial charge on any atom is 0.0312 e. The van der Waals surface area contributed by atoms with Crippen LogP contribution >= 0.6 is 0 Å². The van der Waals surface area contributed by atoms with Gasteiger partial charge in [0.05, 0.1) is 0 Å². The highest BCUT2D eigenvalue weighted by Crippen LogP contribution is 2.29. The average Bonchev–Trinajstić information content (AvgIpc) is 2.58. The zero-order valence-corrected chi connectivity index (χ0v) is 10.8. The molecule has 0 aliphatic heterocycles. The quantitative estimate of drug-likeness (QED) is 0.815. The molecule has 2 nitrogen and oxygen atoms in total. The van der Waals surface area contributed by atoms with Crippen LogP contribution in [0.3, 0.4) is 0 Å². The molecule has 0 saturated heterocycles. The molecular weight excluding hydrogens is 196 g/mol. The van der Waals surface area contributed by atoms with E-state index in [1.165, 1.54) is 30.5 Å². The van der Waals surface area contributed by atoms with E-state index < -0.39 is 0 Å². The molecule has 1 aromatic heterocycles. The molecule has 0 aromatic carbocycles. The molecular formula is C14H24N2. The monoisotopic (exact) mass is 220 g/mol. The first kappa shape index (κ1) is 11.7. The van der Waals surface area contributed by atoms with Crippen LogP contribution in [0.2, 0.25) is 0 Å². The molecule has 1 unspecified atom stereocenters. The molecule has 16 heavy (non-hydrogen) atoms. The maximum absolute atomic E-state index is 6.13. The molecule has 1 aromatic rings. The Labute approximate surface area is 98.8 Å². The Morgan fingerprint density at radius 2 is 2.19 bits per heavy atom. The van der Waals surface area contributed by atoms with E-state index >= 15 is 0 Å². The van der Waals surface area contributed by atoms with Crippen LogP contribution in [0.1, 0.15) is 57.3 Å². The fraction of sp³-hybridized carbons (Fsp3) is 0.714. The molecule has 1 aliphatic rings. The van der Waals surface area contributed by atoms with E-state index in [0.717, 1.165) is 13.0 Å². The number of nitrogens with zero attached hydrogens (tertiary/aromatic N) is 1. The van der Waals surface area contributed by atoms with Crippen LogP contribution in [-0.4, -0.2) is 4.57 Å². The smallest absolute Gasteiger partial charge is 0.0312 e. The lowest BCUT2D eigenvalue weighted by Crippen LogP contribution is -2.19. The van der Waals surface area contributed by atoms with Crippen LogP contribution in [0, 0.1) is 5.41 Å². The molecule has 90 valence electrons. The molecule has 1 heterocycles. The number of rotatable bonds is 2. The molecule has 1 atom stereocenters. The lowest BCUT2D eigenvalue weighted by atomic mass is 9.91. The van der Waals surface area contributed by atoms with E-state index in [0.29, 0.717) is 5.41 Å². The Hall–Kier alpha value is -0.760. The number of fused-ring (bicyclic) bond motifs is 1. The van der Waals surface area contributed by atoms with Gasteiger partial charge >= 0.3 is 0 Å². The van der Waals surface area contributed by atoms with Gasteiger partial charge in [-0.1, -0.05) is 20.8 Å². The van der Waals surface area contributed by atoms with Crippen molar-refractivity contribution in [2.75, 3.05) is 0 Å². The fourth-order valence-electron chi connectivity index (χ4n) is 2.46. The van der Waals surface area contributed by atoms with E-state index in [9.17, 15) is 0 Å². The summed E-state index contributed by atoms with van der Waals surface area (Å²) in [6, 6.07) is 2.50. The van der Waals surface area contributed by atoms with Crippen LogP contribution in [0.15, 0.2) is 12.3 Å². The lowest BCUT2D eigenvalue weighted by molar-refractivity contribution is 0.346. The molecule has 0 spiro atoms. The normalized spacial score (nSPS) is 20.9. The van der Waals surface area contributed by atoms with Crippen molar-refractivity contribution in [1.82, 2.24) is 4.57 Å². The summed E-state index contributed by atoms with van der Waals surface area (Å²) in [6.45, 7) is 8.03. The van der Waals surface area contributed by atoms with Gasteiger partial charge in [0.1, 0.15) is 0 Å². The van der Waals surface area contributed by atoms with Gasteiger partial charge in [0.2, 0.25) is 0 Å². The SMILES string of the molecule is CC(C)(C)CCn1ccc2c1CCCC2N. The van der Waals surface area contributed by atoms with Crippen molar-refractivity contribution in [3.8, 4) is 0 Å². The van der Waals surface area contributed by atoms with Gasteiger partial charge in [0.15, 0.2) is 0 Å². The van der Waals surface area contributed by atoms with Gasteiger partial charge in [0, 0.05) is 24.5 Å². The Morgan fingerprint density at radius 3 is 2.88 bits per heavy atom. The van der Waals surface area contributed by atoms with Crippen molar-refractivity contribution in [3.63, 3.8) is 0 Å². The molecule has 0 saturated carbocycles. The highest BCUT2D eigenvalue weighted by Gasteiger charge is 2.20. The van der Waals surface area contributed by atoms with Gasteiger partial charge in [-0.05, 0) is 42.7 Å². The van der Waals surface area contributed by atoms with Crippen molar-refractivity contribution in [2.24, 2.45) is 11.1 Å². The molecule has 0 fully saturated rings. The number of nitrogens with two attached hydrogens (primary N) is 1. The van der Waals surface area contributed by atoms with Gasteiger partial charge in [-0.15, -0.1) is 0 Å². The standard InChI is InChI=1S/C14H24N2/c1-14(2,3)8-10-16-9-7-11-12(15)5-4-6-13(11)16/h7,9,12H,4-6,8,10,15H2,1-3H3. The predicted octanol–water partition coefficient (Wildman–Crippen LogP) is 3.26. The topological polar surface area (TPSA) is 30.9 Å². The second-order valence-corrected chi connectivity index (χ2v) is 6.22. The van der Waals surface area contributed by atoms with E-state index in [2.05, 4.69) is 37.6 Å². The summed E-state index contributed by atoms with van der Waals surface area (Å²) in [5, 5.41) is 0. The third-order valence-corrected chi connectivity index (χ3v) is 3.54. The predicted molar refractivity (Wildman–Crippen MR) is 68.4 cm³/mol. The average molecular weight is 220 g/mol. The number of hydrogen-bond donors (Lipinski definition) is 1. The fourth-order valence-corrected chi connectivity index (χ4v) is 2.46. The Balaban J connectivity index is 2.11. The van der Waals surface area contributed by atoms with Crippen molar-refractivity contribution >= 4 is 0 Å². The van der Waals surface area contributed by atoms with Gasteiger partial charge in [0.25, 0.3) is 0 Å². The van der Waals surface area contributed by atoms with E-state index in [1.54, 1.807) is 0 Å². The van der Waals surface area contributed by atoms with E-state index in [-0.39, 0.29) is 6.04 Å². The van der Waals surface area contributed by atoms with Crippen molar-refractivity contribution in [3.05, 3.63) is 23.5 Å². The summed E-state index contributed by atoms with van der Waals surface area (Å²) in [6.07, 6.45) is 7.05. The summed E-state index contributed by atoms with van der Waals surface area (Å²) in [7, 11) is 0. The molecule has 2 N–H and O–H groups in total. The molecule has 0 radical (unpaired) electrons. The van der Waals surface area contributed by atoms with Crippen LogP contribution in [-0.2, 0) is 13.0 Å². The Kier molecular flexibility index (Phi) is 3.11. The third-order valence-electron chi connectivity index (χ3n) is 3.54. The molecule has 0 amide bonds. The zero-order valence-electron chi connectivity index (χ0n) is 10.8. The number of aryl methyl sites for hydroxylation is 1. The summed E-state index contributed by atoms with van der Waals surface area (Å²) in [4.78, 5) is 0. The summed E-state index contributed by atoms with van der Waals surface area (Å²) in [5.41, 5.74) is 9.42. The second-order valence-electron chi connectivity index (χ2n) is 6.22. The highest BCUT2D eigenvalue weighted by molar-refractivity contribution is 5.28. The minimum atomic E-state index is 0.277. The van der Waals surface area contributed by atoms with Crippen molar-refractivity contribution in [1.29, 1.82) is 0 Å². The Morgan fingerprint density at radius 1 is 1.44 bits per heavy atom. The largest absolute Gasteiger partial charge is 0.351 e. The van der Waals surface area contributed by atoms with Crippen molar-refractivity contribution < 1.29 is 0 Å². The van der Waals surface area contributed by atoms with Crippen LogP contribution < -0.4 is 5.73 Å². The highest BCUT2D eigenvalue weighted by atomic mass is 15.0. The first-order valence-corrected chi connectivity index (χ1v) is 6.41. The van der Waals surface area contributed by atoms with Crippen LogP contribution in [0.5, 0.6) is 0 Å². The Bertz CT molecular complexity index is 357. The minimum Gasteiger partial charge on any atom is -0.351 e. The second kappa shape index (κ2) is 4.25. The minimum absolute atomic E-state index is 0.277. The van der Waals surface area contributed by atoms with Gasteiger partial charge < -0.3 is 10.3 Å². The van der Waals surface area contributed by atoms with E-state index in [4.69, 9.17) is 5.73 Å². The zero-order chi connectivity index (χ0) is 11.8. The number of aromatic nitrogens is 1. The summed E-state index contributed by atoms with van der Waals surface area (Å²) in [5.74, 6) is 0. The molecule has 2 rings (SSSR count).